The third kappa shape index (κ3) is 3.99. The van der Waals surface area contributed by atoms with Crippen molar-refractivity contribution in [2.45, 2.75) is 69.0 Å². The highest BCUT2D eigenvalue weighted by Gasteiger charge is 2.25. The van der Waals surface area contributed by atoms with Crippen LogP contribution in [-0.4, -0.2) is 31.6 Å². The number of hydrogen-bond acceptors (Lipinski definition) is 7. The normalized spacial score (nSPS) is 18.1. The molecular weight excluding hydrogens is 468 g/mol. The molecule has 0 N–H and O–H groups in total. The molecule has 2 aliphatic rings. The molecule has 0 bridgehead atoms. The molecule has 0 radical (unpaired) electrons. The predicted octanol–water partition coefficient (Wildman–Crippen LogP) is 4.12. The summed E-state index contributed by atoms with van der Waals surface area (Å²) in [4.78, 5) is 38.2. The van der Waals surface area contributed by atoms with Gasteiger partial charge < -0.3 is 4.74 Å². The minimum absolute atomic E-state index is 0.0393. The number of hydrogen-bond donors (Lipinski definition) is 0. The maximum Gasteiger partial charge on any atom is 0.263 e. The number of pyridine rings is 1. The van der Waals surface area contributed by atoms with Crippen molar-refractivity contribution < 1.29 is 4.74 Å². The standard InChI is InChI=1S/C25H26N4O3S2/c1-15-8-9-20-26-16(11-21(30)28(20)12-15)14-33-25-27-23-22(18-6-2-3-7-19(18)34-23)24(31)29(25)13-17-5-4-10-32-17/h8-9,11-12,17H,2-7,10,13-14H2,1H3. The molecule has 1 aliphatic carbocycles. The molecule has 4 aromatic rings. The molecule has 4 aromatic heterocycles. The van der Waals surface area contributed by atoms with E-state index < -0.39 is 0 Å². The first-order valence-electron chi connectivity index (χ1n) is 11.9. The second-order valence-corrected chi connectivity index (χ2v) is 11.2. The Morgan fingerprint density at radius 2 is 2.06 bits per heavy atom. The Kier molecular flexibility index (Phi) is 5.79. The van der Waals surface area contributed by atoms with Gasteiger partial charge in [-0.2, -0.15) is 0 Å². The first-order chi connectivity index (χ1) is 16.6. The van der Waals surface area contributed by atoms with Gasteiger partial charge in [0.1, 0.15) is 10.5 Å². The van der Waals surface area contributed by atoms with Crippen molar-refractivity contribution in [2.24, 2.45) is 0 Å². The van der Waals surface area contributed by atoms with Gasteiger partial charge in [-0.1, -0.05) is 17.8 Å². The van der Waals surface area contributed by atoms with Crippen LogP contribution >= 0.6 is 23.1 Å². The van der Waals surface area contributed by atoms with Crippen LogP contribution in [0.3, 0.4) is 0 Å². The lowest BCUT2D eigenvalue weighted by atomic mass is 9.97. The zero-order valence-corrected chi connectivity index (χ0v) is 20.7. The van der Waals surface area contributed by atoms with Crippen molar-refractivity contribution >= 4 is 39.0 Å². The van der Waals surface area contributed by atoms with E-state index in [0.29, 0.717) is 28.8 Å². The molecule has 1 unspecified atom stereocenters. The second kappa shape index (κ2) is 8.94. The molecule has 9 heteroatoms. The molecule has 6 rings (SSSR count). The van der Waals surface area contributed by atoms with Crippen LogP contribution in [0, 0.1) is 6.92 Å². The summed E-state index contributed by atoms with van der Waals surface area (Å²) < 4.78 is 9.23. The first kappa shape index (κ1) is 22.0. The number of thioether (sulfide) groups is 1. The summed E-state index contributed by atoms with van der Waals surface area (Å²) in [5, 5.41) is 1.48. The lowest BCUT2D eigenvalue weighted by Gasteiger charge is -2.16. The Morgan fingerprint density at radius 1 is 1.18 bits per heavy atom. The average molecular weight is 495 g/mol. The van der Waals surface area contributed by atoms with Gasteiger partial charge in [0.2, 0.25) is 0 Å². The summed E-state index contributed by atoms with van der Waals surface area (Å²) in [6.45, 7) is 3.21. The van der Waals surface area contributed by atoms with Gasteiger partial charge in [0.15, 0.2) is 5.16 Å². The average Bonchev–Trinajstić information content (AvgIpc) is 3.48. The van der Waals surface area contributed by atoms with Crippen molar-refractivity contribution in [2.75, 3.05) is 6.61 Å². The van der Waals surface area contributed by atoms with Crippen molar-refractivity contribution in [1.29, 1.82) is 0 Å². The summed E-state index contributed by atoms with van der Waals surface area (Å²) >= 11 is 3.14. The topological polar surface area (TPSA) is 78.5 Å². The highest BCUT2D eigenvalue weighted by Crippen LogP contribution is 2.35. The smallest absolute Gasteiger partial charge is 0.263 e. The van der Waals surface area contributed by atoms with Crippen LogP contribution in [0.4, 0.5) is 0 Å². The largest absolute Gasteiger partial charge is 0.376 e. The number of thiophene rings is 1. The quantitative estimate of drug-likeness (QED) is 0.307. The van der Waals surface area contributed by atoms with E-state index in [2.05, 4.69) is 4.98 Å². The molecule has 1 fully saturated rings. The lowest BCUT2D eigenvalue weighted by Crippen LogP contribution is -2.29. The second-order valence-electron chi connectivity index (χ2n) is 9.15. The third-order valence-corrected chi connectivity index (χ3v) is 8.86. The first-order valence-corrected chi connectivity index (χ1v) is 13.7. The molecule has 0 spiro atoms. The zero-order valence-electron chi connectivity index (χ0n) is 19.1. The summed E-state index contributed by atoms with van der Waals surface area (Å²) in [5.41, 5.74) is 3.47. The van der Waals surface area contributed by atoms with E-state index in [0.717, 1.165) is 54.5 Å². The Balaban J connectivity index is 1.39. The number of rotatable bonds is 5. The van der Waals surface area contributed by atoms with Crippen molar-refractivity contribution in [3.63, 3.8) is 0 Å². The summed E-state index contributed by atoms with van der Waals surface area (Å²) in [6.07, 6.45) is 8.12. The molecule has 0 aromatic carbocycles. The summed E-state index contributed by atoms with van der Waals surface area (Å²) in [6, 6.07) is 5.38. The molecular formula is C25H26N4O3S2. The minimum atomic E-state index is -0.101. The van der Waals surface area contributed by atoms with Gasteiger partial charge in [0, 0.05) is 29.5 Å². The molecule has 1 aliphatic heterocycles. The predicted molar refractivity (Wildman–Crippen MR) is 135 cm³/mol. The molecule has 1 atom stereocenters. The van der Waals surface area contributed by atoms with Gasteiger partial charge >= 0.3 is 0 Å². The Bertz CT molecular complexity index is 1510. The zero-order chi connectivity index (χ0) is 23.2. The number of aryl methyl sites for hydroxylation is 3. The Hall–Kier alpha value is -2.49. The van der Waals surface area contributed by atoms with E-state index in [9.17, 15) is 9.59 Å². The van der Waals surface area contributed by atoms with Crippen LogP contribution in [0.1, 0.15) is 47.4 Å². The van der Waals surface area contributed by atoms with E-state index in [1.54, 1.807) is 28.0 Å². The fourth-order valence-electron chi connectivity index (χ4n) is 4.95. The monoisotopic (exact) mass is 494 g/mol. The van der Waals surface area contributed by atoms with Gasteiger partial charge in [-0.05, 0) is 62.6 Å². The molecule has 7 nitrogen and oxygen atoms in total. The number of aromatic nitrogens is 4. The molecule has 1 saturated heterocycles. The van der Waals surface area contributed by atoms with Crippen molar-refractivity contribution in [3.8, 4) is 0 Å². The summed E-state index contributed by atoms with van der Waals surface area (Å²) in [5.74, 6) is 0.466. The van der Waals surface area contributed by atoms with Gasteiger partial charge in [-0.3, -0.25) is 18.6 Å². The Morgan fingerprint density at radius 3 is 2.91 bits per heavy atom. The number of fused-ring (bicyclic) bond motifs is 4. The van der Waals surface area contributed by atoms with E-state index in [4.69, 9.17) is 9.72 Å². The van der Waals surface area contributed by atoms with E-state index in [1.807, 2.05) is 23.6 Å². The van der Waals surface area contributed by atoms with Crippen LogP contribution < -0.4 is 11.1 Å². The number of ether oxygens (including phenoxy) is 1. The van der Waals surface area contributed by atoms with E-state index in [1.165, 1.54) is 28.6 Å². The van der Waals surface area contributed by atoms with Crippen LogP contribution in [-0.2, 0) is 29.9 Å². The molecule has 176 valence electrons. The third-order valence-electron chi connectivity index (χ3n) is 6.66. The van der Waals surface area contributed by atoms with E-state index >= 15 is 0 Å². The molecule has 0 amide bonds. The van der Waals surface area contributed by atoms with Crippen LogP contribution in [0.5, 0.6) is 0 Å². The lowest BCUT2D eigenvalue weighted by molar-refractivity contribution is 0.0937. The SMILES string of the molecule is Cc1ccc2nc(CSc3nc4sc5c(c4c(=O)n3CC3CCCO3)CCCC5)cc(=O)n2c1. The van der Waals surface area contributed by atoms with Crippen LogP contribution in [0.25, 0.3) is 15.9 Å². The number of nitrogens with zero attached hydrogens (tertiary/aromatic N) is 4. The fraction of sp³-hybridized carbons (Fsp3) is 0.440. The minimum Gasteiger partial charge on any atom is -0.376 e. The van der Waals surface area contributed by atoms with Gasteiger partial charge in [-0.25, -0.2) is 9.97 Å². The van der Waals surface area contributed by atoms with Gasteiger partial charge in [-0.15, -0.1) is 11.3 Å². The Labute approximate surface area is 204 Å². The van der Waals surface area contributed by atoms with E-state index in [-0.39, 0.29) is 17.2 Å². The van der Waals surface area contributed by atoms with Crippen molar-refractivity contribution in [3.05, 3.63) is 66.8 Å². The summed E-state index contributed by atoms with van der Waals surface area (Å²) in [7, 11) is 0. The van der Waals surface area contributed by atoms with Crippen molar-refractivity contribution in [1.82, 2.24) is 18.9 Å². The molecule has 0 saturated carbocycles. The fourth-order valence-corrected chi connectivity index (χ4v) is 7.16. The molecule has 5 heterocycles. The molecule has 34 heavy (non-hydrogen) atoms. The maximum absolute atomic E-state index is 13.7. The van der Waals surface area contributed by atoms with Gasteiger partial charge in [0.05, 0.1) is 23.7 Å². The highest BCUT2D eigenvalue weighted by molar-refractivity contribution is 7.98. The maximum atomic E-state index is 13.7. The highest BCUT2D eigenvalue weighted by atomic mass is 32.2. The van der Waals surface area contributed by atoms with Crippen LogP contribution in [0.2, 0.25) is 0 Å². The van der Waals surface area contributed by atoms with Crippen LogP contribution in [0.15, 0.2) is 39.1 Å². The van der Waals surface area contributed by atoms with Gasteiger partial charge in [0.25, 0.3) is 11.1 Å².